The molecule has 1 saturated heterocycles. The number of esters is 1. The summed E-state index contributed by atoms with van der Waals surface area (Å²) in [7, 11) is -3.82. The van der Waals surface area contributed by atoms with Gasteiger partial charge in [-0.15, -0.1) is 0 Å². The average molecular weight is 477 g/mol. The van der Waals surface area contributed by atoms with Gasteiger partial charge in [0.15, 0.2) is 18.1 Å². The first-order valence-electron chi connectivity index (χ1n) is 10.3. The van der Waals surface area contributed by atoms with E-state index in [1.807, 2.05) is 0 Å². The molecule has 2 aliphatic heterocycles. The van der Waals surface area contributed by atoms with Crippen molar-refractivity contribution in [3.05, 3.63) is 48.0 Å². The maximum atomic E-state index is 13.0. The molecular formula is C22H24N2O8S. The maximum Gasteiger partial charge on any atom is 0.338 e. The molecule has 0 unspecified atom stereocenters. The lowest BCUT2D eigenvalue weighted by atomic mass is 10.2. The summed E-state index contributed by atoms with van der Waals surface area (Å²) in [6.07, 6.45) is -0.472. The predicted octanol–water partition coefficient (Wildman–Crippen LogP) is 2.01. The van der Waals surface area contributed by atoms with E-state index in [0.29, 0.717) is 17.2 Å². The van der Waals surface area contributed by atoms with Crippen LogP contribution >= 0.6 is 0 Å². The highest BCUT2D eigenvalue weighted by Gasteiger charge is 2.32. The lowest BCUT2D eigenvalue weighted by molar-refractivity contribution is -0.119. The molecule has 11 heteroatoms. The van der Waals surface area contributed by atoms with E-state index in [4.69, 9.17) is 18.9 Å². The summed E-state index contributed by atoms with van der Waals surface area (Å²) >= 11 is 0. The van der Waals surface area contributed by atoms with Gasteiger partial charge in [0.1, 0.15) is 0 Å². The Labute approximate surface area is 191 Å². The van der Waals surface area contributed by atoms with Crippen LogP contribution in [0.15, 0.2) is 47.4 Å². The van der Waals surface area contributed by atoms with Crippen molar-refractivity contribution >= 4 is 27.6 Å². The van der Waals surface area contributed by atoms with Crippen molar-refractivity contribution < 1.29 is 37.0 Å². The number of morpholine rings is 1. The molecule has 0 aromatic heterocycles. The summed E-state index contributed by atoms with van der Waals surface area (Å²) in [4.78, 5) is 24.6. The number of amides is 1. The monoisotopic (exact) mass is 476 g/mol. The van der Waals surface area contributed by atoms with Gasteiger partial charge in [-0.25, -0.2) is 13.2 Å². The van der Waals surface area contributed by atoms with Gasteiger partial charge < -0.3 is 24.3 Å². The molecular weight excluding hydrogens is 452 g/mol. The van der Waals surface area contributed by atoms with Gasteiger partial charge in [-0.3, -0.25) is 4.79 Å². The molecule has 2 aliphatic rings. The molecule has 0 bridgehead atoms. The summed E-state index contributed by atoms with van der Waals surface area (Å²) in [5.41, 5.74) is 0.490. The summed E-state index contributed by atoms with van der Waals surface area (Å²) in [6, 6.07) is 10.5. The molecule has 0 aliphatic carbocycles. The molecule has 2 heterocycles. The number of benzene rings is 2. The molecule has 1 fully saturated rings. The zero-order valence-electron chi connectivity index (χ0n) is 18.1. The van der Waals surface area contributed by atoms with Gasteiger partial charge >= 0.3 is 5.97 Å². The lowest BCUT2D eigenvalue weighted by Gasteiger charge is -2.34. The van der Waals surface area contributed by atoms with Crippen molar-refractivity contribution in [1.29, 1.82) is 0 Å². The van der Waals surface area contributed by atoms with Gasteiger partial charge in [0.05, 0.1) is 22.7 Å². The van der Waals surface area contributed by atoms with Crippen molar-refractivity contribution in [1.82, 2.24) is 4.31 Å². The van der Waals surface area contributed by atoms with E-state index in [9.17, 15) is 18.0 Å². The summed E-state index contributed by atoms with van der Waals surface area (Å²) in [6.45, 7) is 3.63. The Hall–Kier alpha value is -3.15. The Morgan fingerprint density at radius 2 is 1.79 bits per heavy atom. The smallest absolute Gasteiger partial charge is 0.338 e. The van der Waals surface area contributed by atoms with Crippen molar-refractivity contribution in [2.75, 3.05) is 31.8 Å². The number of sulfonamides is 1. The van der Waals surface area contributed by atoms with Gasteiger partial charge in [0, 0.05) is 24.8 Å². The van der Waals surface area contributed by atoms with Crippen LogP contribution in [-0.4, -0.2) is 63.3 Å². The van der Waals surface area contributed by atoms with E-state index < -0.39 is 28.5 Å². The van der Waals surface area contributed by atoms with E-state index in [1.54, 1.807) is 32.0 Å². The molecule has 2 atom stereocenters. The fourth-order valence-corrected chi connectivity index (χ4v) is 5.28. The topological polar surface area (TPSA) is 120 Å². The molecule has 0 spiro atoms. The molecule has 33 heavy (non-hydrogen) atoms. The van der Waals surface area contributed by atoms with Crippen LogP contribution in [0, 0.1) is 0 Å². The van der Waals surface area contributed by atoms with E-state index in [-0.39, 0.29) is 42.5 Å². The van der Waals surface area contributed by atoms with Crippen molar-refractivity contribution in [2.24, 2.45) is 0 Å². The van der Waals surface area contributed by atoms with E-state index in [0.717, 1.165) is 0 Å². The van der Waals surface area contributed by atoms with Crippen LogP contribution in [-0.2, 0) is 24.3 Å². The van der Waals surface area contributed by atoms with Crippen molar-refractivity contribution in [2.45, 2.75) is 31.0 Å². The highest BCUT2D eigenvalue weighted by Crippen LogP contribution is 2.34. The first-order valence-corrected chi connectivity index (χ1v) is 11.8. The fourth-order valence-electron chi connectivity index (χ4n) is 3.65. The van der Waals surface area contributed by atoms with Crippen molar-refractivity contribution in [3.63, 3.8) is 0 Å². The average Bonchev–Trinajstić information content (AvgIpc) is 3.25. The molecule has 0 radical (unpaired) electrons. The molecule has 2 aromatic rings. The second-order valence-corrected chi connectivity index (χ2v) is 9.74. The van der Waals surface area contributed by atoms with Gasteiger partial charge in [-0.1, -0.05) is 6.07 Å². The highest BCUT2D eigenvalue weighted by molar-refractivity contribution is 7.89. The Bertz CT molecular complexity index is 1160. The van der Waals surface area contributed by atoms with Crippen LogP contribution in [0.25, 0.3) is 0 Å². The number of rotatable bonds is 6. The van der Waals surface area contributed by atoms with Gasteiger partial charge in [0.25, 0.3) is 5.91 Å². The first-order chi connectivity index (χ1) is 15.7. The molecule has 2 aromatic carbocycles. The minimum absolute atomic E-state index is 0.0249. The van der Waals surface area contributed by atoms with E-state index >= 15 is 0 Å². The number of hydrogen-bond acceptors (Lipinski definition) is 8. The SMILES string of the molecule is C[C@@H]1CN(S(=O)(=O)c2cccc(C(=O)OCC(=O)Nc3ccc4c(c3)OCO4)c2)C[C@H](C)O1. The maximum absolute atomic E-state index is 13.0. The third kappa shape index (κ3) is 5.27. The number of carbonyl (C=O) groups is 2. The summed E-state index contributed by atoms with van der Waals surface area (Å²) < 4.78 is 48.5. The summed E-state index contributed by atoms with van der Waals surface area (Å²) in [5, 5.41) is 2.60. The largest absolute Gasteiger partial charge is 0.454 e. The number of nitrogens with zero attached hydrogens (tertiary/aromatic N) is 1. The minimum atomic E-state index is -3.82. The highest BCUT2D eigenvalue weighted by atomic mass is 32.2. The molecule has 4 rings (SSSR count). The quantitative estimate of drug-likeness (QED) is 0.629. The zero-order chi connectivity index (χ0) is 23.6. The fraction of sp³-hybridized carbons (Fsp3) is 0.364. The molecule has 1 N–H and O–H groups in total. The number of ether oxygens (including phenoxy) is 4. The van der Waals surface area contributed by atoms with Gasteiger partial charge in [0.2, 0.25) is 16.8 Å². The number of carbonyl (C=O) groups excluding carboxylic acids is 2. The standard InChI is InChI=1S/C22H24N2O8S/c1-14-10-24(11-15(2)32-14)33(27,28)18-5-3-4-16(8-18)22(26)29-12-21(25)23-17-6-7-19-20(9-17)31-13-30-19/h3-9,14-15H,10-13H2,1-2H3,(H,23,25)/t14-,15+. The Kier molecular flexibility index (Phi) is 6.54. The second-order valence-electron chi connectivity index (χ2n) is 7.80. The second kappa shape index (κ2) is 9.38. The van der Waals surface area contributed by atoms with Crippen LogP contribution in [0.2, 0.25) is 0 Å². The van der Waals surface area contributed by atoms with Gasteiger partial charge in [-0.05, 0) is 44.2 Å². The van der Waals surface area contributed by atoms with Crippen LogP contribution in [0.1, 0.15) is 24.2 Å². The molecule has 10 nitrogen and oxygen atoms in total. The number of nitrogens with one attached hydrogen (secondary N) is 1. The number of hydrogen-bond donors (Lipinski definition) is 1. The Morgan fingerprint density at radius 1 is 1.06 bits per heavy atom. The molecule has 176 valence electrons. The van der Waals surface area contributed by atoms with E-state index in [2.05, 4.69) is 5.32 Å². The van der Waals surface area contributed by atoms with Crippen LogP contribution < -0.4 is 14.8 Å². The third-order valence-corrected chi connectivity index (χ3v) is 6.91. The van der Waals surface area contributed by atoms with Crippen LogP contribution in [0.3, 0.4) is 0 Å². The Balaban J connectivity index is 1.38. The third-order valence-electron chi connectivity index (χ3n) is 5.08. The van der Waals surface area contributed by atoms with E-state index in [1.165, 1.54) is 28.6 Å². The van der Waals surface area contributed by atoms with Crippen LogP contribution in [0.4, 0.5) is 5.69 Å². The summed E-state index contributed by atoms with van der Waals surface area (Å²) in [5.74, 6) is -0.277. The number of fused-ring (bicyclic) bond motifs is 1. The zero-order valence-corrected chi connectivity index (χ0v) is 19.0. The molecule has 1 amide bonds. The first kappa shape index (κ1) is 23.0. The van der Waals surface area contributed by atoms with Crippen molar-refractivity contribution in [3.8, 4) is 11.5 Å². The van der Waals surface area contributed by atoms with Crippen LogP contribution in [0.5, 0.6) is 11.5 Å². The van der Waals surface area contributed by atoms with Gasteiger partial charge in [-0.2, -0.15) is 4.31 Å². The molecule has 0 saturated carbocycles. The minimum Gasteiger partial charge on any atom is -0.454 e. The lowest BCUT2D eigenvalue weighted by Crippen LogP contribution is -2.48. The Morgan fingerprint density at radius 3 is 2.55 bits per heavy atom. The number of anilines is 1. The predicted molar refractivity (Wildman–Crippen MR) is 117 cm³/mol. The normalized spacial score (nSPS) is 20.3.